The third-order valence-corrected chi connectivity index (χ3v) is 3.36. The molecule has 0 radical (unpaired) electrons. The van der Waals surface area contributed by atoms with E-state index in [0.29, 0.717) is 5.75 Å². The molecule has 0 aliphatic heterocycles. The van der Waals surface area contributed by atoms with Gasteiger partial charge in [-0.05, 0) is 65.4 Å². The molecule has 5 heteroatoms. The van der Waals surface area contributed by atoms with Gasteiger partial charge in [0, 0.05) is 9.26 Å². The molecule has 0 spiro atoms. The number of aromatic hydroxyl groups is 1. The van der Waals surface area contributed by atoms with Crippen molar-refractivity contribution in [3.05, 3.63) is 51.6 Å². The number of halogens is 1. The van der Waals surface area contributed by atoms with E-state index >= 15 is 0 Å². The Morgan fingerprint density at radius 2 is 2.05 bits per heavy atom. The number of anilines is 1. The summed E-state index contributed by atoms with van der Waals surface area (Å²) in [6, 6.07) is 12.3. The summed E-state index contributed by atoms with van der Waals surface area (Å²) in [6.07, 6.45) is 0. The molecule has 2 N–H and O–H groups in total. The topological polar surface area (TPSA) is 58.6 Å². The quantitative estimate of drug-likeness (QED) is 0.797. The number of amides is 1. The minimum atomic E-state index is -0.266. The minimum absolute atomic E-state index is 0.0192. The molecule has 0 aliphatic carbocycles. The minimum Gasteiger partial charge on any atom is -0.504 e. The van der Waals surface area contributed by atoms with Gasteiger partial charge in [-0.2, -0.15) is 0 Å². The van der Waals surface area contributed by atoms with Crippen LogP contribution in [0.15, 0.2) is 42.5 Å². The molecular weight excluding hydrogens is 369 g/mol. The monoisotopic (exact) mass is 383 g/mol. The smallest absolute Gasteiger partial charge is 0.262 e. The molecule has 0 heterocycles. The van der Waals surface area contributed by atoms with Crippen molar-refractivity contribution >= 4 is 34.2 Å². The first-order valence-electron chi connectivity index (χ1n) is 6.03. The lowest BCUT2D eigenvalue weighted by atomic mass is 10.2. The van der Waals surface area contributed by atoms with Crippen molar-refractivity contribution < 1.29 is 14.6 Å². The number of rotatable bonds is 4. The molecule has 104 valence electrons. The molecule has 0 atom stereocenters. The molecule has 0 saturated carbocycles. The van der Waals surface area contributed by atoms with Crippen LogP contribution in [0, 0.1) is 10.5 Å². The van der Waals surface area contributed by atoms with Crippen molar-refractivity contribution in [1.29, 1.82) is 0 Å². The van der Waals surface area contributed by atoms with Gasteiger partial charge in [-0.15, -0.1) is 0 Å². The second kappa shape index (κ2) is 6.60. The van der Waals surface area contributed by atoms with Gasteiger partial charge in [0.2, 0.25) is 0 Å². The summed E-state index contributed by atoms with van der Waals surface area (Å²) in [5, 5.41) is 12.3. The second-order valence-electron chi connectivity index (χ2n) is 4.26. The molecule has 4 nitrogen and oxygen atoms in total. The van der Waals surface area contributed by atoms with Crippen LogP contribution in [-0.2, 0) is 4.79 Å². The number of phenols is 1. The van der Waals surface area contributed by atoms with Gasteiger partial charge in [-0.1, -0.05) is 12.1 Å². The first kappa shape index (κ1) is 14.6. The summed E-state index contributed by atoms with van der Waals surface area (Å²) < 4.78 is 6.39. The molecule has 0 unspecified atom stereocenters. The van der Waals surface area contributed by atoms with Gasteiger partial charge in [-0.3, -0.25) is 4.79 Å². The van der Waals surface area contributed by atoms with Gasteiger partial charge in [0.05, 0.1) is 0 Å². The van der Waals surface area contributed by atoms with Crippen molar-refractivity contribution in [3.63, 3.8) is 0 Å². The van der Waals surface area contributed by atoms with E-state index in [9.17, 15) is 9.90 Å². The Bertz CT molecular complexity index is 628. The average molecular weight is 383 g/mol. The molecule has 2 rings (SSSR count). The highest BCUT2D eigenvalue weighted by atomic mass is 127. The summed E-state index contributed by atoms with van der Waals surface area (Å²) >= 11 is 2.22. The maximum absolute atomic E-state index is 11.8. The van der Waals surface area contributed by atoms with Crippen LogP contribution in [0.2, 0.25) is 0 Å². The van der Waals surface area contributed by atoms with Gasteiger partial charge < -0.3 is 15.2 Å². The maximum atomic E-state index is 11.8. The van der Waals surface area contributed by atoms with Crippen LogP contribution in [0.1, 0.15) is 5.56 Å². The Hall–Kier alpha value is -1.76. The zero-order chi connectivity index (χ0) is 14.5. The lowest BCUT2D eigenvalue weighted by Crippen LogP contribution is -2.20. The molecule has 2 aromatic carbocycles. The first-order valence-corrected chi connectivity index (χ1v) is 7.11. The van der Waals surface area contributed by atoms with Gasteiger partial charge in [-0.25, -0.2) is 0 Å². The predicted molar refractivity (Wildman–Crippen MR) is 86.1 cm³/mol. The van der Waals surface area contributed by atoms with Crippen LogP contribution in [0.3, 0.4) is 0 Å². The van der Waals surface area contributed by atoms with Crippen molar-refractivity contribution in [2.24, 2.45) is 0 Å². The normalized spacial score (nSPS) is 10.1. The molecule has 20 heavy (non-hydrogen) atoms. The van der Waals surface area contributed by atoms with Crippen molar-refractivity contribution in [1.82, 2.24) is 0 Å². The summed E-state index contributed by atoms with van der Waals surface area (Å²) in [4.78, 5) is 11.8. The number of aryl methyl sites for hydroxylation is 1. The summed E-state index contributed by atoms with van der Waals surface area (Å²) in [6.45, 7) is 1.78. The van der Waals surface area contributed by atoms with Crippen LogP contribution in [0.5, 0.6) is 11.5 Å². The van der Waals surface area contributed by atoms with Crippen LogP contribution < -0.4 is 10.1 Å². The average Bonchev–Trinajstić information content (AvgIpc) is 2.41. The van der Waals surface area contributed by atoms with Gasteiger partial charge in [0.15, 0.2) is 18.1 Å². The number of hydrogen-bond donors (Lipinski definition) is 2. The molecule has 2 aromatic rings. The zero-order valence-corrected chi connectivity index (χ0v) is 13.0. The van der Waals surface area contributed by atoms with Gasteiger partial charge >= 0.3 is 0 Å². The van der Waals surface area contributed by atoms with E-state index in [1.165, 1.54) is 6.07 Å². The summed E-state index contributed by atoms with van der Waals surface area (Å²) in [5.41, 5.74) is 1.75. The van der Waals surface area contributed by atoms with E-state index in [2.05, 4.69) is 27.9 Å². The molecule has 0 bridgehead atoms. The number of carbonyl (C=O) groups excluding carboxylic acids is 1. The number of ether oxygens (including phenoxy) is 1. The van der Waals surface area contributed by atoms with E-state index in [4.69, 9.17) is 4.74 Å². The lowest BCUT2D eigenvalue weighted by molar-refractivity contribution is -0.118. The van der Waals surface area contributed by atoms with E-state index in [1.54, 1.807) is 18.2 Å². The van der Waals surface area contributed by atoms with Crippen LogP contribution in [-0.4, -0.2) is 17.6 Å². The van der Waals surface area contributed by atoms with E-state index in [0.717, 1.165) is 14.8 Å². The van der Waals surface area contributed by atoms with Gasteiger partial charge in [0.25, 0.3) is 5.91 Å². The fraction of sp³-hybridized carbons (Fsp3) is 0.133. The fourth-order valence-electron chi connectivity index (χ4n) is 1.68. The Kier molecular flexibility index (Phi) is 4.84. The highest BCUT2D eigenvalue weighted by Gasteiger charge is 2.07. The predicted octanol–water partition coefficient (Wildman–Crippen LogP) is 3.32. The van der Waals surface area contributed by atoms with E-state index < -0.39 is 0 Å². The van der Waals surface area contributed by atoms with E-state index in [1.807, 2.05) is 25.1 Å². The lowest BCUT2D eigenvalue weighted by Gasteiger charge is -2.10. The SMILES string of the molecule is Cc1cc(I)ccc1NC(=O)COc1ccccc1O. The molecule has 0 aliphatic rings. The number of para-hydroxylation sites is 2. The van der Waals surface area contributed by atoms with Crippen molar-refractivity contribution in [2.45, 2.75) is 6.92 Å². The maximum Gasteiger partial charge on any atom is 0.262 e. The number of hydrogen-bond acceptors (Lipinski definition) is 3. The number of benzene rings is 2. The zero-order valence-electron chi connectivity index (χ0n) is 10.9. The largest absolute Gasteiger partial charge is 0.504 e. The van der Waals surface area contributed by atoms with Crippen LogP contribution >= 0.6 is 22.6 Å². The first-order chi connectivity index (χ1) is 9.56. The molecular formula is C15H14INO3. The number of phenolic OH excluding ortho intramolecular Hbond substituents is 1. The second-order valence-corrected chi connectivity index (χ2v) is 5.51. The summed E-state index contributed by atoms with van der Waals surface area (Å²) in [5.74, 6) is 0.0466. The number of carbonyl (C=O) groups is 1. The Balaban J connectivity index is 1.94. The Morgan fingerprint density at radius 3 is 2.75 bits per heavy atom. The standard InChI is InChI=1S/C15H14INO3/c1-10-8-11(16)6-7-12(10)17-15(19)9-20-14-5-3-2-4-13(14)18/h2-8,18H,9H2,1H3,(H,17,19). The van der Waals surface area contributed by atoms with Crippen LogP contribution in [0.25, 0.3) is 0 Å². The highest BCUT2D eigenvalue weighted by molar-refractivity contribution is 14.1. The third-order valence-electron chi connectivity index (χ3n) is 2.69. The molecule has 0 fully saturated rings. The number of nitrogens with one attached hydrogen (secondary N) is 1. The fourth-order valence-corrected chi connectivity index (χ4v) is 2.32. The third kappa shape index (κ3) is 3.86. The van der Waals surface area contributed by atoms with Crippen molar-refractivity contribution in [2.75, 3.05) is 11.9 Å². The molecule has 0 saturated heterocycles. The Morgan fingerprint density at radius 1 is 1.30 bits per heavy atom. The van der Waals surface area contributed by atoms with Crippen molar-refractivity contribution in [3.8, 4) is 11.5 Å². The van der Waals surface area contributed by atoms with Gasteiger partial charge in [0.1, 0.15) is 0 Å². The summed E-state index contributed by atoms with van der Waals surface area (Å²) in [7, 11) is 0. The highest BCUT2D eigenvalue weighted by Crippen LogP contribution is 2.24. The van der Waals surface area contributed by atoms with E-state index in [-0.39, 0.29) is 18.3 Å². The van der Waals surface area contributed by atoms with Crippen LogP contribution in [0.4, 0.5) is 5.69 Å². The molecule has 0 aromatic heterocycles. The Labute approximate surface area is 130 Å². The molecule has 1 amide bonds.